The predicted molar refractivity (Wildman–Crippen MR) is 75.5 cm³/mol. The first kappa shape index (κ1) is 19.0. The van der Waals surface area contributed by atoms with Gasteiger partial charge >= 0.3 is 12.3 Å². The zero-order valence-electron chi connectivity index (χ0n) is 13.2. The zero-order valence-corrected chi connectivity index (χ0v) is 13.2. The lowest BCUT2D eigenvalue weighted by Crippen LogP contribution is -2.52. The first-order chi connectivity index (χ1) is 10.0. The van der Waals surface area contributed by atoms with Crippen molar-refractivity contribution in [3.05, 3.63) is 0 Å². The average Bonchev–Trinajstić information content (AvgIpc) is 2.34. The summed E-state index contributed by atoms with van der Waals surface area (Å²) in [6.07, 6.45) is -2.80. The van der Waals surface area contributed by atoms with Crippen molar-refractivity contribution in [2.24, 2.45) is 0 Å². The molecule has 1 fully saturated rings. The summed E-state index contributed by atoms with van der Waals surface area (Å²) < 4.78 is 42.9. The van der Waals surface area contributed by atoms with Crippen LogP contribution in [0.25, 0.3) is 0 Å². The molecule has 0 heterocycles. The number of nitrogens with one attached hydrogen (secondary N) is 2. The second kappa shape index (κ2) is 7.50. The molecule has 22 heavy (non-hydrogen) atoms. The smallest absolute Gasteiger partial charge is 0.407 e. The number of carbonyl (C=O) groups is 1. The number of aliphatic hydroxyl groups excluding tert-OH is 1. The van der Waals surface area contributed by atoms with Gasteiger partial charge in [-0.3, -0.25) is 0 Å². The first-order valence-corrected chi connectivity index (χ1v) is 7.44. The van der Waals surface area contributed by atoms with Gasteiger partial charge in [0, 0.05) is 12.1 Å². The molecule has 0 aromatic carbocycles. The molecular formula is C14H25F3N2O3. The number of hydrogen-bond acceptors (Lipinski definition) is 4. The van der Waals surface area contributed by atoms with E-state index in [-0.39, 0.29) is 12.1 Å². The maximum atomic E-state index is 12.6. The zero-order chi connectivity index (χ0) is 17.0. The SMILES string of the molecule is CC(C)(C)OC(=O)N[C@H]1CC[C@H](N[C@H](CO)C(F)(F)F)CC1. The van der Waals surface area contributed by atoms with Gasteiger partial charge in [-0.2, -0.15) is 13.2 Å². The van der Waals surface area contributed by atoms with Gasteiger partial charge in [0.25, 0.3) is 0 Å². The van der Waals surface area contributed by atoms with Gasteiger partial charge in [-0.15, -0.1) is 0 Å². The molecule has 0 saturated heterocycles. The van der Waals surface area contributed by atoms with Crippen LogP contribution in [0.3, 0.4) is 0 Å². The molecule has 5 nitrogen and oxygen atoms in total. The lowest BCUT2D eigenvalue weighted by Gasteiger charge is -2.33. The van der Waals surface area contributed by atoms with Gasteiger partial charge in [-0.25, -0.2) is 4.79 Å². The summed E-state index contributed by atoms with van der Waals surface area (Å²) in [5, 5.41) is 14.0. The molecule has 0 aromatic rings. The summed E-state index contributed by atoms with van der Waals surface area (Å²) in [6.45, 7) is 4.32. The van der Waals surface area contributed by atoms with E-state index in [4.69, 9.17) is 9.84 Å². The number of aliphatic hydroxyl groups is 1. The van der Waals surface area contributed by atoms with Crippen molar-refractivity contribution in [1.82, 2.24) is 10.6 Å². The van der Waals surface area contributed by atoms with Gasteiger partial charge in [0.1, 0.15) is 11.6 Å². The summed E-state index contributed by atoms with van der Waals surface area (Å²) in [5.74, 6) is 0. The number of halogens is 3. The molecule has 0 aromatic heterocycles. The normalized spacial score (nSPS) is 24.7. The van der Waals surface area contributed by atoms with E-state index >= 15 is 0 Å². The summed E-state index contributed by atoms with van der Waals surface area (Å²) in [5.41, 5.74) is -0.579. The number of amides is 1. The van der Waals surface area contributed by atoms with Crippen molar-refractivity contribution >= 4 is 6.09 Å². The van der Waals surface area contributed by atoms with E-state index in [9.17, 15) is 18.0 Å². The average molecular weight is 326 g/mol. The lowest BCUT2D eigenvalue weighted by atomic mass is 9.91. The molecule has 8 heteroatoms. The molecule has 0 spiro atoms. The fourth-order valence-corrected chi connectivity index (χ4v) is 2.41. The van der Waals surface area contributed by atoms with E-state index in [0.717, 1.165) is 0 Å². The fourth-order valence-electron chi connectivity index (χ4n) is 2.41. The van der Waals surface area contributed by atoms with Crippen LogP contribution in [0.4, 0.5) is 18.0 Å². The van der Waals surface area contributed by atoms with Crippen LogP contribution in [0.2, 0.25) is 0 Å². The third-order valence-electron chi connectivity index (χ3n) is 3.46. The molecule has 0 unspecified atom stereocenters. The second-order valence-corrected chi connectivity index (χ2v) is 6.64. The molecule has 1 amide bonds. The second-order valence-electron chi connectivity index (χ2n) is 6.64. The van der Waals surface area contributed by atoms with E-state index < -0.39 is 30.5 Å². The lowest BCUT2D eigenvalue weighted by molar-refractivity contribution is -0.166. The Balaban J connectivity index is 2.36. The monoisotopic (exact) mass is 326 g/mol. The van der Waals surface area contributed by atoms with Crippen molar-refractivity contribution in [3.63, 3.8) is 0 Å². The van der Waals surface area contributed by atoms with Crippen LogP contribution in [0.5, 0.6) is 0 Å². The minimum Gasteiger partial charge on any atom is -0.444 e. The maximum absolute atomic E-state index is 12.6. The van der Waals surface area contributed by atoms with E-state index in [0.29, 0.717) is 25.7 Å². The van der Waals surface area contributed by atoms with Gasteiger partial charge in [0.05, 0.1) is 6.61 Å². The van der Waals surface area contributed by atoms with Gasteiger partial charge in [-0.1, -0.05) is 0 Å². The Labute approximate surface area is 128 Å². The largest absolute Gasteiger partial charge is 0.444 e. The van der Waals surface area contributed by atoms with Crippen LogP contribution in [-0.4, -0.2) is 47.7 Å². The predicted octanol–water partition coefficient (Wildman–Crippen LogP) is 2.34. The first-order valence-electron chi connectivity index (χ1n) is 7.44. The summed E-state index contributed by atoms with van der Waals surface area (Å²) in [6, 6.07) is -2.30. The standard InChI is InChI=1S/C14H25F3N2O3/c1-13(2,3)22-12(21)19-10-6-4-9(5-7-10)18-11(8-20)14(15,16)17/h9-11,18,20H,4-8H2,1-3H3,(H,19,21)/t9-,10-,11-/m1/s1. The van der Waals surface area contributed by atoms with E-state index in [1.807, 2.05) is 0 Å². The Hall–Kier alpha value is -1.02. The van der Waals surface area contributed by atoms with Crippen LogP contribution < -0.4 is 10.6 Å². The highest BCUT2D eigenvalue weighted by Gasteiger charge is 2.40. The summed E-state index contributed by atoms with van der Waals surface area (Å²) >= 11 is 0. The van der Waals surface area contributed by atoms with E-state index in [2.05, 4.69) is 10.6 Å². The van der Waals surface area contributed by atoms with Crippen molar-refractivity contribution in [2.45, 2.75) is 76.4 Å². The molecule has 1 saturated carbocycles. The number of carbonyl (C=O) groups excluding carboxylic acids is 1. The number of ether oxygens (including phenoxy) is 1. The molecule has 0 radical (unpaired) electrons. The minimum atomic E-state index is -4.46. The Kier molecular flexibility index (Phi) is 6.49. The molecule has 0 bridgehead atoms. The van der Waals surface area contributed by atoms with Gasteiger partial charge < -0.3 is 20.5 Å². The van der Waals surface area contributed by atoms with Crippen LogP contribution in [0.15, 0.2) is 0 Å². The third-order valence-corrected chi connectivity index (χ3v) is 3.46. The number of hydrogen-bond donors (Lipinski definition) is 3. The van der Waals surface area contributed by atoms with Crippen LogP contribution in [0.1, 0.15) is 46.5 Å². The van der Waals surface area contributed by atoms with Crippen LogP contribution in [0, 0.1) is 0 Å². The Morgan fingerprint density at radius 3 is 2.09 bits per heavy atom. The summed E-state index contributed by atoms with van der Waals surface area (Å²) in [4.78, 5) is 11.6. The minimum absolute atomic E-state index is 0.0913. The highest BCUT2D eigenvalue weighted by Crippen LogP contribution is 2.24. The van der Waals surface area contributed by atoms with Gasteiger partial charge in [0.2, 0.25) is 0 Å². The molecule has 0 aliphatic heterocycles. The topological polar surface area (TPSA) is 70.6 Å². The van der Waals surface area contributed by atoms with Crippen LogP contribution in [-0.2, 0) is 4.74 Å². The van der Waals surface area contributed by atoms with Crippen LogP contribution >= 0.6 is 0 Å². The molecule has 1 rings (SSSR count). The van der Waals surface area contributed by atoms with E-state index in [1.54, 1.807) is 20.8 Å². The Bertz CT molecular complexity index is 361. The van der Waals surface area contributed by atoms with Crippen molar-refractivity contribution in [2.75, 3.05) is 6.61 Å². The molecular weight excluding hydrogens is 301 g/mol. The van der Waals surface area contributed by atoms with Crippen molar-refractivity contribution in [3.8, 4) is 0 Å². The quantitative estimate of drug-likeness (QED) is 0.741. The van der Waals surface area contributed by atoms with Crippen molar-refractivity contribution < 1.29 is 27.8 Å². The highest BCUT2D eigenvalue weighted by molar-refractivity contribution is 5.68. The summed E-state index contributed by atoms with van der Waals surface area (Å²) in [7, 11) is 0. The Morgan fingerprint density at radius 2 is 1.68 bits per heavy atom. The molecule has 1 atom stereocenters. The van der Waals surface area contributed by atoms with Gasteiger partial charge in [0.15, 0.2) is 0 Å². The molecule has 3 N–H and O–H groups in total. The van der Waals surface area contributed by atoms with E-state index in [1.165, 1.54) is 0 Å². The van der Waals surface area contributed by atoms with Crippen molar-refractivity contribution in [1.29, 1.82) is 0 Å². The number of alkyl carbamates (subject to hydrolysis) is 1. The molecule has 130 valence electrons. The Morgan fingerprint density at radius 1 is 1.18 bits per heavy atom. The molecule has 1 aliphatic rings. The number of alkyl halides is 3. The third kappa shape index (κ3) is 6.83. The maximum Gasteiger partial charge on any atom is 0.407 e. The molecule has 1 aliphatic carbocycles. The fraction of sp³-hybridized carbons (Fsp3) is 0.929. The van der Waals surface area contributed by atoms with Gasteiger partial charge in [-0.05, 0) is 46.5 Å². The highest BCUT2D eigenvalue weighted by atomic mass is 19.4. The number of rotatable bonds is 4.